The van der Waals surface area contributed by atoms with Crippen LogP contribution >= 0.6 is 0 Å². The summed E-state index contributed by atoms with van der Waals surface area (Å²) < 4.78 is 5.58. The molecule has 0 radical (unpaired) electrons. The molecule has 24 heavy (non-hydrogen) atoms. The van der Waals surface area contributed by atoms with Crippen LogP contribution in [0.25, 0.3) is 0 Å². The number of ether oxygens (including phenoxy) is 1. The number of nitrogens with zero attached hydrogens (tertiary/aromatic N) is 1. The summed E-state index contributed by atoms with van der Waals surface area (Å²) in [6.07, 6.45) is 6.46. The number of likely N-dealkylation sites (tertiary alicyclic amines) is 1. The molecule has 3 unspecified atom stereocenters. The third-order valence-electron chi connectivity index (χ3n) is 4.99. The average molecular weight is 340 g/mol. The number of carbonyl (C=O) groups is 2. The minimum atomic E-state index is -0.772. The summed E-state index contributed by atoms with van der Waals surface area (Å²) in [6, 6.07) is 0.508. The van der Waals surface area contributed by atoms with Gasteiger partial charge in [0.1, 0.15) is 5.60 Å². The maximum atomic E-state index is 12.5. The van der Waals surface area contributed by atoms with Crippen LogP contribution in [0.1, 0.15) is 65.7 Å². The molecule has 0 aromatic rings. The van der Waals surface area contributed by atoms with Crippen molar-refractivity contribution < 1.29 is 19.4 Å². The number of hydrogen-bond donors (Lipinski definition) is 2. The zero-order valence-electron chi connectivity index (χ0n) is 15.2. The molecule has 0 aromatic heterocycles. The Kier molecular flexibility index (Phi) is 6.49. The van der Waals surface area contributed by atoms with Gasteiger partial charge in [-0.25, -0.2) is 4.79 Å². The fourth-order valence-electron chi connectivity index (χ4n) is 4.02. The van der Waals surface area contributed by atoms with Crippen LogP contribution in [-0.4, -0.2) is 52.8 Å². The molecule has 6 heteroatoms. The average Bonchev–Trinajstić information content (AvgIpc) is 2.95. The van der Waals surface area contributed by atoms with Gasteiger partial charge in [0.2, 0.25) is 0 Å². The highest BCUT2D eigenvalue weighted by molar-refractivity contribution is 5.69. The number of carboxylic acid groups (broad SMARTS) is 1. The number of hydrogen-bond acceptors (Lipinski definition) is 4. The van der Waals surface area contributed by atoms with E-state index >= 15 is 0 Å². The fourth-order valence-corrected chi connectivity index (χ4v) is 4.02. The minimum absolute atomic E-state index is 0.143. The van der Waals surface area contributed by atoms with Crippen molar-refractivity contribution in [3.63, 3.8) is 0 Å². The van der Waals surface area contributed by atoms with Gasteiger partial charge in [0, 0.05) is 25.2 Å². The smallest absolute Gasteiger partial charge is 0.410 e. The molecule has 2 aliphatic rings. The number of nitrogens with one attached hydrogen (secondary N) is 1. The first-order chi connectivity index (χ1) is 11.3. The molecule has 138 valence electrons. The zero-order chi connectivity index (χ0) is 17.7. The number of aliphatic carboxylic acids is 1. The maximum absolute atomic E-state index is 12.5. The van der Waals surface area contributed by atoms with Gasteiger partial charge in [-0.3, -0.25) is 4.79 Å². The fraction of sp³-hybridized carbons (Fsp3) is 0.889. The van der Waals surface area contributed by atoms with Crippen molar-refractivity contribution in [2.75, 3.05) is 13.1 Å². The molecule has 2 N–H and O–H groups in total. The molecule has 3 atom stereocenters. The first kappa shape index (κ1) is 19.0. The molecule has 2 fully saturated rings. The van der Waals surface area contributed by atoms with Crippen LogP contribution in [0.4, 0.5) is 4.79 Å². The van der Waals surface area contributed by atoms with E-state index < -0.39 is 11.6 Å². The van der Waals surface area contributed by atoms with Crippen molar-refractivity contribution >= 4 is 12.1 Å². The SMILES string of the molecule is CC(C)(C)OC(=O)N1CCCC1C1CCCCC1NCCC(=O)O. The van der Waals surface area contributed by atoms with Gasteiger partial charge < -0.3 is 20.1 Å². The Morgan fingerprint density at radius 2 is 1.88 bits per heavy atom. The third kappa shape index (κ3) is 5.36. The lowest BCUT2D eigenvalue weighted by atomic mass is 9.79. The Hall–Kier alpha value is -1.30. The summed E-state index contributed by atoms with van der Waals surface area (Å²) in [7, 11) is 0. The lowest BCUT2D eigenvalue weighted by Crippen LogP contribution is -2.51. The molecule has 2 rings (SSSR count). The number of carboxylic acids is 1. The summed E-state index contributed by atoms with van der Waals surface area (Å²) in [6.45, 7) is 6.94. The van der Waals surface area contributed by atoms with Crippen molar-refractivity contribution in [2.45, 2.75) is 83.4 Å². The van der Waals surface area contributed by atoms with Crippen LogP contribution in [0.2, 0.25) is 0 Å². The highest BCUT2D eigenvalue weighted by atomic mass is 16.6. The maximum Gasteiger partial charge on any atom is 0.410 e. The van der Waals surface area contributed by atoms with Crippen LogP contribution in [0.15, 0.2) is 0 Å². The predicted octanol–water partition coefficient (Wildman–Crippen LogP) is 3.01. The second-order valence-electron chi connectivity index (χ2n) is 8.04. The number of carbonyl (C=O) groups excluding carboxylic acids is 1. The van der Waals surface area contributed by atoms with Crippen LogP contribution in [0.5, 0.6) is 0 Å². The summed E-state index contributed by atoms with van der Waals surface area (Å²) >= 11 is 0. The monoisotopic (exact) mass is 340 g/mol. The number of rotatable bonds is 5. The Morgan fingerprint density at radius 3 is 2.54 bits per heavy atom. The van der Waals surface area contributed by atoms with E-state index in [9.17, 15) is 9.59 Å². The summed E-state index contributed by atoms with van der Waals surface area (Å²) in [4.78, 5) is 25.2. The highest BCUT2D eigenvalue weighted by Crippen LogP contribution is 2.35. The molecular weight excluding hydrogens is 308 g/mol. The van der Waals surface area contributed by atoms with Crippen LogP contribution < -0.4 is 5.32 Å². The first-order valence-electron chi connectivity index (χ1n) is 9.23. The molecule has 1 saturated heterocycles. The Labute approximate surface area is 144 Å². The summed E-state index contributed by atoms with van der Waals surface area (Å²) in [5, 5.41) is 12.3. The van der Waals surface area contributed by atoms with E-state index in [1.54, 1.807) is 0 Å². The van der Waals surface area contributed by atoms with Crippen molar-refractivity contribution in [2.24, 2.45) is 5.92 Å². The molecule has 1 saturated carbocycles. The molecule has 0 bridgehead atoms. The van der Waals surface area contributed by atoms with Crippen molar-refractivity contribution in [3.05, 3.63) is 0 Å². The third-order valence-corrected chi connectivity index (χ3v) is 4.99. The molecule has 1 heterocycles. The van der Waals surface area contributed by atoms with Gasteiger partial charge in [-0.15, -0.1) is 0 Å². The standard InChI is InChI=1S/C18H32N2O4/c1-18(2,3)24-17(23)20-12-6-9-15(20)13-7-4-5-8-14(13)19-11-10-16(21)22/h13-15,19H,4-12H2,1-3H3,(H,21,22). The summed E-state index contributed by atoms with van der Waals surface area (Å²) in [5.74, 6) is -0.381. The molecular formula is C18H32N2O4. The van der Waals surface area contributed by atoms with Gasteiger partial charge in [0.15, 0.2) is 0 Å². The Balaban J connectivity index is 1.99. The molecule has 0 spiro atoms. The molecule has 0 aromatic carbocycles. The van der Waals surface area contributed by atoms with Gasteiger partial charge >= 0.3 is 12.1 Å². The van der Waals surface area contributed by atoms with Crippen molar-refractivity contribution in [3.8, 4) is 0 Å². The lowest BCUT2D eigenvalue weighted by Gasteiger charge is -2.40. The van der Waals surface area contributed by atoms with E-state index in [1.165, 1.54) is 12.8 Å². The second-order valence-corrected chi connectivity index (χ2v) is 8.04. The largest absolute Gasteiger partial charge is 0.481 e. The highest BCUT2D eigenvalue weighted by Gasteiger charge is 2.40. The number of amides is 1. The van der Waals surface area contributed by atoms with E-state index in [4.69, 9.17) is 9.84 Å². The first-order valence-corrected chi connectivity index (χ1v) is 9.23. The Bertz CT molecular complexity index is 447. The normalized spacial score (nSPS) is 28.0. The molecule has 1 aliphatic heterocycles. The van der Waals surface area contributed by atoms with E-state index in [2.05, 4.69) is 5.32 Å². The van der Waals surface area contributed by atoms with E-state index in [-0.39, 0.29) is 18.6 Å². The van der Waals surface area contributed by atoms with Gasteiger partial charge in [0.05, 0.1) is 6.42 Å². The molecule has 6 nitrogen and oxygen atoms in total. The van der Waals surface area contributed by atoms with Crippen molar-refractivity contribution in [1.82, 2.24) is 10.2 Å². The van der Waals surface area contributed by atoms with E-state index in [1.807, 2.05) is 25.7 Å². The van der Waals surface area contributed by atoms with Gasteiger partial charge in [-0.1, -0.05) is 12.8 Å². The zero-order valence-corrected chi connectivity index (χ0v) is 15.2. The van der Waals surface area contributed by atoms with E-state index in [0.717, 1.165) is 32.2 Å². The summed E-state index contributed by atoms with van der Waals surface area (Å²) in [5.41, 5.74) is -0.476. The molecule has 1 amide bonds. The van der Waals surface area contributed by atoms with Gasteiger partial charge in [-0.05, 0) is 52.4 Å². The lowest BCUT2D eigenvalue weighted by molar-refractivity contribution is -0.136. The van der Waals surface area contributed by atoms with Gasteiger partial charge in [-0.2, -0.15) is 0 Å². The van der Waals surface area contributed by atoms with Crippen LogP contribution in [-0.2, 0) is 9.53 Å². The molecule has 1 aliphatic carbocycles. The predicted molar refractivity (Wildman–Crippen MR) is 92.0 cm³/mol. The van der Waals surface area contributed by atoms with Crippen LogP contribution in [0.3, 0.4) is 0 Å². The second kappa shape index (κ2) is 8.19. The van der Waals surface area contributed by atoms with Crippen LogP contribution in [0, 0.1) is 5.92 Å². The van der Waals surface area contributed by atoms with E-state index in [0.29, 0.717) is 18.5 Å². The topological polar surface area (TPSA) is 78.9 Å². The van der Waals surface area contributed by atoms with Crippen molar-refractivity contribution in [1.29, 1.82) is 0 Å². The minimum Gasteiger partial charge on any atom is -0.481 e. The quantitative estimate of drug-likeness (QED) is 0.804. The Morgan fingerprint density at radius 1 is 1.17 bits per heavy atom. The van der Waals surface area contributed by atoms with Gasteiger partial charge in [0.25, 0.3) is 0 Å².